The molecule has 2 fully saturated rings. The molecular formula is C29H28F3N5. The van der Waals surface area contributed by atoms with Crippen molar-refractivity contribution in [3.05, 3.63) is 82.8 Å². The molecule has 1 aliphatic heterocycles. The molecular weight excluding hydrogens is 475 g/mol. The van der Waals surface area contributed by atoms with Crippen molar-refractivity contribution >= 4 is 10.9 Å². The zero-order chi connectivity index (χ0) is 25.5. The number of fused-ring (bicyclic) bond motifs is 1. The Morgan fingerprint density at radius 1 is 0.973 bits per heavy atom. The van der Waals surface area contributed by atoms with Crippen LogP contribution in [0.1, 0.15) is 54.7 Å². The second kappa shape index (κ2) is 9.82. The normalized spacial score (nSPS) is 19.9. The fraction of sp³-hybridized carbons (Fsp3) is 0.379. The molecule has 0 unspecified atom stereocenters. The van der Waals surface area contributed by atoms with Crippen LogP contribution >= 0.6 is 0 Å². The number of hydrogen-bond donors (Lipinski definition) is 1. The molecule has 1 N–H and O–H groups in total. The van der Waals surface area contributed by atoms with Crippen LogP contribution in [0.25, 0.3) is 22.3 Å². The van der Waals surface area contributed by atoms with Gasteiger partial charge in [-0.1, -0.05) is 19.1 Å². The van der Waals surface area contributed by atoms with Crippen molar-refractivity contribution in [2.45, 2.75) is 44.9 Å². The lowest BCUT2D eigenvalue weighted by molar-refractivity contribution is 0.271. The first kappa shape index (κ1) is 24.0. The van der Waals surface area contributed by atoms with Gasteiger partial charge in [-0.05, 0) is 80.3 Å². The second-order valence-electron chi connectivity index (χ2n) is 10.3. The van der Waals surface area contributed by atoms with Gasteiger partial charge in [0.25, 0.3) is 0 Å². The first-order valence-corrected chi connectivity index (χ1v) is 12.9. The van der Waals surface area contributed by atoms with Gasteiger partial charge >= 0.3 is 0 Å². The molecule has 0 amide bonds. The van der Waals surface area contributed by atoms with Crippen LogP contribution in [0.4, 0.5) is 13.2 Å². The van der Waals surface area contributed by atoms with Crippen LogP contribution in [-0.4, -0.2) is 33.0 Å². The molecule has 0 radical (unpaired) electrons. The summed E-state index contributed by atoms with van der Waals surface area (Å²) in [7, 11) is 0. The largest absolute Gasteiger partial charge is 0.316 e. The Kier molecular flexibility index (Phi) is 6.36. The van der Waals surface area contributed by atoms with E-state index in [1.165, 1.54) is 23.8 Å². The van der Waals surface area contributed by atoms with Gasteiger partial charge in [0, 0.05) is 35.3 Å². The lowest BCUT2D eigenvalue weighted by Gasteiger charge is -2.29. The fourth-order valence-corrected chi connectivity index (χ4v) is 5.44. The highest BCUT2D eigenvalue weighted by Crippen LogP contribution is 2.44. The highest BCUT2D eigenvalue weighted by atomic mass is 19.2. The number of pyridine rings is 2. The number of rotatable bonds is 6. The average molecular weight is 504 g/mol. The SMILES string of the molecule is C[C@@H]1CNCC[C@H]1Cc1nc(-c2ccnc(Cc3nc(F)cc(F)c3F)c2)nc2cccc(C3CC3)c12. The Balaban J connectivity index is 1.41. The molecule has 1 saturated carbocycles. The summed E-state index contributed by atoms with van der Waals surface area (Å²) in [5, 5.41) is 4.66. The van der Waals surface area contributed by atoms with Crippen molar-refractivity contribution < 1.29 is 13.2 Å². The number of benzene rings is 1. The predicted molar refractivity (Wildman–Crippen MR) is 136 cm³/mol. The Morgan fingerprint density at radius 2 is 1.84 bits per heavy atom. The zero-order valence-corrected chi connectivity index (χ0v) is 20.6. The summed E-state index contributed by atoms with van der Waals surface area (Å²) < 4.78 is 41.5. The molecule has 8 heteroatoms. The molecule has 1 saturated heterocycles. The van der Waals surface area contributed by atoms with E-state index in [1.54, 1.807) is 12.3 Å². The standard InChI is InChI=1S/C29H28F3N5/c1-16-15-33-9-7-18(16)12-24-27-21(17-5-6-17)3-2-4-23(27)36-29(37-24)19-8-10-34-20(11-19)13-25-28(32)22(30)14-26(31)35-25/h2-4,8,10-11,14,16-18,33H,5-7,9,12-13,15H2,1H3/t16-,18+/m1/s1. The molecule has 0 bridgehead atoms. The van der Waals surface area contributed by atoms with Gasteiger partial charge in [-0.15, -0.1) is 0 Å². The van der Waals surface area contributed by atoms with Gasteiger partial charge in [0.05, 0.1) is 16.9 Å². The molecule has 5 nitrogen and oxygen atoms in total. The van der Waals surface area contributed by atoms with E-state index in [0.29, 0.717) is 35.3 Å². The Bertz CT molecular complexity index is 1470. The lowest BCUT2D eigenvalue weighted by atomic mass is 9.83. The van der Waals surface area contributed by atoms with Gasteiger partial charge in [-0.25, -0.2) is 23.7 Å². The summed E-state index contributed by atoms with van der Waals surface area (Å²) in [5.41, 5.74) is 4.16. The van der Waals surface area contributed by atoms with Crippen LogP contribution in [0, 0.1) is 29.4 Å². The minimum absolute atomic E-state index is 0.146. The quantitative estimate of drug-likeness (QED) is 0.339. The maximum Gasteiger partial charge on any atom is 0.216 e. The van der Waals surface area contributed by atoms with E-state index in [9.17, 15) is 13.2 Å². The molecule has 0 spiro atoms. The van der Waals surface area contributed by atoms with Gasteiger partial charge in [0.15, 0.2) is 17.5 Å². The number of hydrogen-bond acceptors (Lipinski definition) is 5. The van der Waals surface area contributed by atoms with Crippen LogP contribution in [0.5, 0.6) is 0 Å². The number of nitrogens with one attached hydrogen (secondary N) is 1. The van der Waals surface area contributed by atoms with Crippen LogP contribution < -0.4 is 5.32 Å². The number of halogens is 3. The van der Waals surface area contributed by atoms with Gasteiger partial charge in [0.1, 0.15) is 0 Å². The zero-order valence-electron chi connectivity index (χ0n) is 20.6. The molecule has 1 aromatic carbocycles. The smallest absolute Gasteiger partial charge is 0.216 e. The molecule has 1 aliphatic carbocycles. The molecule has 37 heavy (non-hydrogen) atoms. The molecule has 2 atom stereocenters. The van der Waals surface area contributed by atoms with E-state index in [4.69, 9.17) is 9.97 Å². The molecule has 3 aromatic heterocycles. The molecule has 6 rings (SSSR count). The van der Waals surface area contributed by atoms with Gasteiger partial charge in [-0.2, -0.15) is 4.39 Å². The number of aromatic nitrogens is 4. The Hall–Kier alpha value is -3.39. The van der Waals surface area contributed by atoms with Crippen molar-refractivity contribution in [3.63, 3.8) is 0 Å². The van der Waals surface area contributed by atoms with Gasteiger partial charge < -0.3 is 5.32 Å². The van der Waals surface area contributed by atoms with E-state index in [0.717, 1.165) is 42.7 Å². The third kappa shape index (κ3) is 4.94. The van der Waals surface area contributed by atoms with E-state index in [-0.39, 0.29) is 12.1 Å². The molecule has 4 aromatic rings. The Labute approximate surface area is 213 Å². The van der Waals surface area contributed by atoms with Crippen LogP contribution in [0.3, 0.4) is 0 Å². The van der Waals surface area contributed by atoms with Gasteiger partial charge in [0.2, 0.25) is 5.95 Å². The van der Waals surface area contributed by atoms with Crippen molar-refractivity contribution in [2.24, 2.45) is 11.8 Å². The first-order valence-electron chi connectivity index (χ1n) is 12.9. The van der Waals surface area contributed by atoms with Crippen molar-refractivity contribution in [1.29, 1.82) is 0 Å². The summed E-state index contributed by atoms with van der Waals surface area (Å²) in [6, 6.07) is 10.3. The fourth-order valence-electron chi connectivity index (χ4n) is 5.44. The number of nitrogens with zero attached hydrogens (tertiary/aromatic N) is 4. The highest BCUT2D eigenvalue weighted by molar-refractivity contribution is 5.87. The summed E-state index contributed by atoms with van der Waals surface area (Å²) in [6.45, 7) is 4.31. The average Bonchev–Trinajstić information content (AvgIpc) is 3.74. The molecule has 4 heterocycles. The van der Waals surface area contributed by atoms with E-state index in [2.05, 4.69) is 34.3 Å². The predicted octanol–water partition coefficient (Wildman–Crippen LogP) is 5.76. The Morgan fingerprint density at radius 3 is 2.65 bits per heavy atom. The molecule has 190 valence electrons. The second-order valence-corrected chi connectivity index (χ2v) is 10.3. The van der Waals surface area contributed by atoms with Gasteiger partial charge in [-0.3, -0.25) is 4.98 Å². The van der Waals surface area contributed by atoms with Crippen molar-refractivity contribution in [2.75, 3.05) is 13.1 Å². The first-order chi connectivity index (χ1) is 18.0. The minimum atomic E-state index is -1.26. The van der Waals surface area contributed by atoms with E-state index in [1.807, 2.05) is 12.1 Å². The topological polar surface area (TPSA) is 63.6 Å². The van der Waals surface area contributed by atoms with Crippen LogP contribution in [-0.2, 0) is 12.8 Å². The summed E-state index contributed by atoms with van der Waals surface area (Å²) >= 11 is 0. The summed E-state index contributed by atoms with van der Waals surface area (Å²) in [4.78, 5) is 17.8. The maximum absolute atomic E-state index is 14.2. The lowest BCUT2D eigenvalue weighted by Crippen LogP contribution is -2.36. The summed E-state index contributed by atoms with van der Waals surface area (Å²) in [6.07, 6.45) is 5.82. The third-order valence-corrected chi connectivity index (χ3v) is 7.64. The molecule has 2 aliphatic rings. The highest BCUT2D eigenvalue weighted by Gasteiger charge is 2.29. The van der Waals surface area contributed by atoms with Crippen molar-refractivity contribution in [1.82, 2.24) is 25.3 Å². The van der Waals surface area contributed by atoms with E-state index >= 15 is 0 Å². The maximum atomic E-state index is 14.2. The summed E-state index contributed by atoms with van der Waals surface area (Å²) in [5.74, 6) is -1.27. The van der Waals surface area contributed by atoms with Crippen molar-refractivity contribution in [3.8, 4) is 11.4 Å². The monoisotopic (exact) mass is 503 g/mol. The minimum Gasteiger partial charge on any atom is -0.316 e. The van der Waals surface area contributed by atoms with E-state index < -0.39 is 17.6 Å². The third-order valence-electron chi connectivity index (χ3n) is 7.64. The van der Waals surface area contributed by atoms with Crippen LogP contribution in [0.2, 0.25) is 0 Å². The van der Waals surface area contributed by atoms with Crippen LogP contribution in [0.15, 0.2) is 42.6 Å². The number of piperidine rings is 1.